The highest BCUT2D eigenvalue weighted by Gasteiger charge is 2.51. The summed E-state index contributed by atoms with van der Waals surface area (Å²) in [7, 11) is 1.62. The number of carbonyl (C=O) groups is 1. The van der Waals surface area contributed by atoms with E-state index in [-0.39, 0.29) is 17.8 Å². The molecule has 1 saturated carbocycles. The van der Waals surface area contributed by atoms with E-state index < -0.39 is 5.41 Å². The monoisotopic (exact) mass is 376 g/mol. The molecule has 1 aliphatic carbocycles. The van der Waals surface area contributed by atoms with Crippen molar-refractivity contribution in [3.63, 3.8) is 0 Å². The van der Waals surface area contributed by atoms with Crippen molar-refractivity contribution in [1.82, 2.24) is 10.3 Å². The summed E-state index contributed by atoms with van der Waals surface area (Å²) < 4.78 is 18.5. The van der Waals surface area contributed by atoms with E-state index >= 15 is 0 Å². The topological polar surface area (TPSA) is 51.2 Å². The molecular weight excluding hydrogens is 355 g/mol. The molecule has 4 rings (SSSR count). The average Bonchev–Trinajstić information content (AvgIpc) is 3.55. The van der Waals surface area contributed by atoms with Crippen molar-refractivity contribution in [2.24, 2.45) is 0 Å². The summed E-state index contributed by atoms with van der Waals surface area (Å²) in [5.41, 5.74) is 2.18. The second kappa shape index (κ2) is 7.43. The number of aromatic nitrogens is 1. The molecular formula is C23H21FN2O2. The van der Waals surface area contributed by atoms with Crippen LogP contribution in [0.3, 0.4) is 0 Å². The second-order valence-electron chi connectivity index (χ2n) is 7.05. The van der Waals surface area contributed by atoms with Crippen molar-refractivity contribution in [1.29, 1.82) is 0 Å². The Morgan fingerprint density at radius 3 is 2.18 bits per heavy atom. The van der Waals surface area contributed by atoms with Crippen LogP contribution in [-0.2, 0) is 10.2 Å². The minimum atomic E-state index is -0.578. The number of benzene rings is 2. The van der Waals surface area contributed by atoms with Gasteiger partial charge in [-0.15, -0.1) is 0 Å². The lowest BCUT2D eigenvalue weighted by Gasteiger charge is -2.24. The fourth-order valence-electron chi connectivity index (χ4n) is 3.52. The van der Waals surface area contributed by atoms with Gasteiger partial charge in [-0.25, -0.2) is 4.39 Å². The molecule has 0 bridgehead atoms. The zero-order valence-electron chi connectivity index (χ0n) is 15.6. The van der Waals surface area contributed by atoms with Crippen molar-refractivity contribution in [3.05, 3.63) is 95.6 Å². The molecule has 1 unspecified atom stereocenters. The Balaban J connectivity index is 1.64. The average molecular weight is 376 g/mol. The molecule has 1 atom stereocenters. The van der Waals surface area contributed by atoms with E-state index in [2.05, 4.69) is 10.3 Å². The molecule has 0 aliphatic heterocycles. The van der Waals surface area contributed by atoms with E-state index in [0.29, 0.717) is 0 Å². The van der Waals surface area contributed by atoms with Crippen molar-refractivity contribution < 1.29 is 13.9 Å². The third kappa shape index (κ3) is 3.48. The van der Waals surface area contributed by atoms with Gasteiger partial charge in [0.05, 0.1) is 18.6 Å². The normalized spacial score (nSPS) is 15.5. The summed E-state index contributed by atoms with van der Waals surface area (Å²) in [6.07, 6.45) is 4.95. The van der Waals surface area contributed by atoms with Crippen LogP contribution in [0.2, 0.25) is 0 Å². The first-order valence-electron chi connectivity index (χ1n) is 9.23. The van der Waals surface area contributed by atoms with Crippen molar-refractivity contribution >= 4 is 5.91 Å². The first-order chi connectivity index (χ1) is 13.6. The van der Waals surface area contributed by atoms with Gasteiger partial charge in [0.15, 0.2) is 0 Å². The van der Waals surface area contributed by atoms with Gasteiger partial charge < -0.3 is 10.1 Å². The number of pyridine rings is 1. The number of nitrogens with zero attached hydrogens (tertiary/aromatic N) is 1. The lowest BCUT2D eigenvalue weighted by molar-refractivity contribution is -0.124. The Bertz CT molecular complexity index is 952. The highest BCUT2D eigenvalue weighted by atomic mass is 19.1. The Morgan fingerprint density at radius 2 is 1.61 bits per heavy atom. The molecule has 3 aromatic rings. The molecule has 1 aromatic heterocycles. The third-order valence-electron chi connectivity index (χ3n) is 5.35. The van der Waals surface area contributed by atoms with Crippen LogP contribution in [-0.4, -0.2) is 18.0 Å². The van der Waals surface area contributed by atoms with Crippen LogP contribution in [0.25, 0.3) is 0 Å². The molecule has 142 valence electrons. The molecule has 1 fully saturated rings. The standard InChI is InChI=1S/C23H21FN2O2/c1-28-20-8-2-16(3-9-20)21(17-10-14-25-15-11-17)26-22(27)23(12-13-23)18-4-6-19(24)7-5-18/h2-11,14-15,21H,12-13H2,1H3,(H,26,27). The van der Waals surface area contributed by atoms with Gasteiger partial charge in [-0.2, -0.15) is 0 Å². The summed E-state index contributed by atoms with van der Waals surface area (Å²) >= 11 is 0. The van der Waals surface area contributed by atoms with Gasteiger partial charge in [0.25, 0.3) is 0 Å². The maximum atomic E-state index is 13.3. The number of amides is 1. The lowest BCUT2D eigenvalue weighted by Crippen LogP contribution is -2.37. The summed E-state index contributed by atoms with van der Waals surface area (Å²) in [4.78, 5) is 17.3. The quantitative estimate of drug-likeness (QED) is 0.703. The number of halogens is 1. The zero-order chi connectivity index (χ0) is 19.6. The summed E-state index contributed by atoms with van der Waals surface area (Å²) in [5, 5.41) is 3.20. The number of hydrogen-bond donors (Lipinski definition) is 1. The number of ether oxygens (including phenoxy) is 1. The number of rotatable bonds is 6. The van der Waals surface area contributed by atoms with Crippen molar-refractivity contribution in [2.45, 2.75) is 24.3 Å². The van der Waals surface area contributed by atoms with Gasteiger partial charge in [0.2, 0.25) is 5.91 Å². The minimum Gasteiger partial charge on any atom is -0.497 e. The summed E-state index contributed by atoms with van der Waals surface area (Å²) in [6.45, 7) is 0. The van der Waals surface area contributed by atoms with Crippen LogP contribution >= 0.6 is 0 Å². The minimum absolute atomic E-state index is 0.0447. The molecule has 0 radical (unpaired) electrons. The maximum Gasteiger partial charge on any atom is 0.231 e. The Labute approximate surface area is 163 Å². The third-order valence-corrected chi connectivity index (χ3v) is 5.35. The molecule has 0 saturated heterocycles. The Morgan fingerprint density at radius 1 is 1.00 bits per heavy atom. The zero-order valence-corrected chi connectivity index (χ0v) is 15.6. The van der Waals surface area contributed by atoms with Gasteiger partial charge in [-0.05, 0) is 65.9 Å². The SMILES string of the molecule is COc1ccc(C(NC(=O)C2(c3ccc(F)cc3)CC2)c2ccncc2)cc1. The largest absolute Gasteiger partial charge is 0.497 e. The molecule has 1 N–H and O–H groups in total. The molecule has 0 spiro atoms. The van der Waals surface area contributed by atoms with Crippen molar-refractivity contribution in [2.75, 3.05) is 7.11 Å². The van der Waals surface area contributed by atoms with Gasteiger partial charge in [0.1, 0.15) is 11.6 Å². The molecule has 1 heterocycles. The van der Waals surface area contributed by atoms with E-state index in [1.807, 2.05) is 36.4 Å². The molecule has 2 aromatic carbocycles. The lowest BCUT2D eigenvalue weighted by atomic mass is 9.93. The predicted molar refractivity (Wildman–Crippen MR) is 105 cm³/mol. The summed E-state index contributed by atoms with van der Waals surface area (Å²) in [5.74, 6) is 0.415. The maximum absolute atomic E-state index is 13.3. The molecule has 4 nitrogen and oxygen atoms in total. The van der Waals surface area contributed by atoms with Crippen molar-refractivity contribution in [3.8, 4) is 5.75 Å². The molecule has 5 heteroatoms. The van der Waals surface area contributed by atoms with Gasteiger partial charge >= 0.3 is 0 Å². The van der Waals surface area contributed by atoms with Crippen LogP contribution in [0.5, 0.6) is 5.75 Å². The Kier molecular flexibility index (Phi) is 4.82. The van der Waals surface area contributed by atoms with E-state index in [4.69, 9.17) is 4.74 Å². The van der Waals surface area contributed by atoms with Gasteiger partial charge in [0, 0.05) is 12.4 Å². The number of nitrogens with one attached hydrogen (secondary N) is 1. The first kappa shape index (κ1) is 18.2. The van der Waals surface area contributed by atoms with E-state index in [1.54, 1.807) is 31.6 Å². The smallest absolute Gasteiger partial charge is 0.231 e. The van der Waals surface area contributed by atoms with E-state index in [0.717, 1.165) is 35.3 Å². The summed E-state index contributed by atoms with van der Waals surface area (Å²) in [6, 6.07) is 17.4. The molecule has 1 aliphatic rings. The Hall–Kier alpha value is -3.21. The van der Waals surface area contributed by atoms with Crippen LogP contribution in [0.15, 0.2) is 73.1 Å². The van der Waals surface area contributed by atoms with E-state index in [1.165, 1.54) is 12.1 Å². The van der Waals surface area contributed by atoms with Gasteiger partial charge in [-0.1, -0.05) is 24.3 Å². The van der Waals surface area contributed by atoms with Crippen LogP contribution in [0.4, 0.5) is 4.39 Å². The van der Waals surface area contributed by atoms with Crippen LogP contribution in [0.1, 0.15) is 35.6 Å². The second-order valence-corrected chi connectivity index (χ2v) is 7.05. The van der Waals surface area contributed by atoms with Gasteiger partial charge in [-0.3, -0.25) is 9.78 Å². The number of methoxy groups -OCH3 is 1. The molecule has 1 amide bonds. The highest BCUT2D eigenvalue weighted by Crippen LogP contribution is 2.49. The van der Waals surface area contributed by atoms with E-state index in [9.17, 15) is 9.18 Å². The van der Waals surface area contributed by atoms with Crippen LogP contribution < -0.4 is 10.1 Å². The predicted octanol–water partition coefficient (Wildman–Crippen LogP) is 4.17. The fourth-order valence-corrected chi connectivity index (χ4v) is 3.52. The van der Waals surface area contributed by atoms with Crippen LogP contribution in [0, 0.1) is 5.82 Å². The highest BCUT2D eigenvalue weighted by molar-refractivity contribution is 5.91. The molecule has 28 heavy (non-hydrogen) atoms. The number of hydrogen-bond acceptors (Lipinski definition) is 3. The number of carbonyl (C=O) groups excluding carboxylic acids is 1. The first-order valence-corrected chi connectivity index (χ1v) is 9.23. The fraction of sp³-hybridized carbons (Fsp3) is 0.217.